The van der Waals surface area contributed by atoms with E-state index in [2.05, 4.69) is 10.3 Å². The molecule has 0 spiro atoms. The highest BCUT2D eigenvalue weighted by Gasteiger charge is 2.12. The maximum atomic E-state index is 12.4. The SMILES string of the molecule is COc1ccc(OCC(=O)Nc2cc(-c3cn4ccccc4n3)ccc2OC)cc1. The van der Waals surface area contributed by atoms with Gasteiger partial charge in [-0.05, 0) is 54.6 Å². The first-order chi connectivity index (χ1) is 14.7. The largest absolute Gasteiger partial charge is 0.497 e. The minimum atomic E-state index is -0.295. The Bertz CT molecular complexity index is 1140. The van der Waals surface area contributed by atoms with Crippen LogP contribution in [0.3, 0.4) is 0 Å². The van der Waals surface area contributed by atoms with E-state index in [0.717, 1.165) is 22.7 Å². The van der Waals surface area contributed by atoms with Crippen LogP contribution in [0.2, 0.25) is 0 Å². The molecule has 1 N–H and O–H groups in total. The molecule has 0 unspecified atom stereocenters. The van der Waals surface area contributed by atoms with Gasteiger partial charge in [0.05, 0.1) is 25.6 Å². The fourth-order valence-corrected chi connectivity index (χ4v) is 3.05. The summed E-state index contributed by atoms with van der Waals surface area (Å²) in [5, 5.41) is 2.85. The lowest BCUT2D eigenvalue weighted by Crippen LogP contribution is -2.20. The van der Waals surface area contributed by atoms with Crippen molar-refractivity contribution < 1.29 is 19.0 Å². The van der Waals surface area contributed by atoms with Crippen molar-refractivity contribution in [3.63, 3.8) is 0 Å². The number of hydrogen-bond acceptors (Lipinski definition) is 5. The zero-order valence-corrected chi connectivity index (χ0v) is 16.7. The normalized spacial score (nSPS) is 10.6. The third-order valence-electron chi connectivity index (χ3n) is 4.56. The number of aromatic nitrogens is 2. The van der Waals surface area contributed by atoms with Crippen molar-refractivity contribution in [3.8, 4) is 28.5 Å². The van der Waals surface area contributed by atoms with Gasteiger partial charge >= 0.3 is 0 Å². The highest BCUT2D eigenvalue weighted by atomic mass is 16.5. The molecule has 0 saturated heterocycles. The molecule has 0 saturated carbocycles. The molecule has 0 aliphatic carbocycles. The number of imidazole rings is 1. The van der Waals surface area contributed by atoms with E-state index in [9.17, 15) is 4.79 Å². The third-order valence-corrected chi connectivity index (χ3v) is 4.56. The van der Waals surface area contributed by atoms with Gasteiger partial charge in [-0.3, -0.25) is 4.79 Å². The van der Waals surface area contributed by atoms with Crippen LogP contribution in [0, 0.1) is 0 Å². The van der Waals surface area contributed by atoms with Crippen molar-refractivity contribution in [3.05, 3.63) is 73.1 Å². The van der Waals surface area contributed by atoms with Crippen LogP contribution in [0.15, 0.2) is 73.1 Å². The molecule has 30 heavy (non-hydrogen) atoms. The van der Waals surface area contributed by atoms with E-state index < -0.39 is 0 Å². The number of anilines is 1. The lowest BCUT2D eigenvalue weighted by atomic mass is 10.1. The molecule has 4 aromatic rings. The maximum absolute atomic E-state index is 12.4. The Balaban J connectivity index is 1.49. The fraction of sp³-hybridized carbons (Fsp3) is 0.130. The van der Waals surface area contributed by atoms with E-state index in [4.69, 9.17) is 14.2 Å². The Morgan fingerprint density at radius 3 is 2.53 bits per heavy atom. The van der Waals surface area contributed by atoms with Crippen molar-refractivity contribution in [1.29, 1.82) is 0 Å². The molecule has 2 aromatic carbocycles. The second-order valence-corrected chi connectivity index (χ2v) is 6.52. The van der Waals surface area contributed by atoms with E-state index in [1.807, 2.05) is 47.1 Å². The number of nitrogens with zero attached hydrogens (tertiary/aromatic N) is 2. The van der Waals surface area contributed by atoms with Gasteiger partial charge in [0.15, 0.2) is 6.61 Å². The van der Waals surface area contributed by atoms with Gasteiger partial charge in [-0.1, -0.05) is 6.07 Å². The number of benzene rings is 2. The standard InChI is InChI=1S/C23H21N3O4/c1-28-17-7-9-18(10-8-17)30-15-23(27)25-19-13-16(6-11-21(19)29-2)20-14-26-12-4-3-5-22(26)24-20/h3-14H,15H2,1-2H3,(H,25,27). The van der Waals surface area contributed by atoms with E-state index in [1.165, 1.54) is 0 Å². The molecule has 7 nitrogen and oxygen atoms in total. The molecule has 4 rings (SSSR count). The molecule has 0 radical (unpaired) electrons. The summed E-state index contributed by atoms with van der Waals surface area (Å²) in [6.45, 7) is -0.131. The summed E-state index contributed by atoms with van der Waals surface area (Å²) in [5.41, 5.74) is 3.07. The van der Waals surface area contributed by atoms with Gasteiger partial charge < -0.3 is 23.9 Å². The molecule has 0 aliphatic heterocycles. The molecule has 0 fully saturated rings. The van der Waals surface area contributed by atoms with Crippen molar-refractivity contribution in [2.45, 2.75) is 0 Å². The Labute approximate surface area is 173 Å². The summed E-state index contributed by atoms with van der Waals surface area (Å²) < 4.78 is 18.0. The van der Waals surface area contributed by atoms with Crippen LogP contribution in [0.5, 0.6) is 17.2 Å². The maximum Gasteiger partial charge on any atom is 0.262 e. The van der Waals surface area contributed by atoms with Gasteiger partial charge in [0, 0.05) is 18.0 Å². The molecule has 2 heterocycles. The fourth-order valence-electron chi connectivity index (χ4n) is 3.05. The summed E-state index contributed by atoms with van der Waals surface area (Å²) >= 11 is 0. The predicted molar refractivity (Wildman–Crippen MR) is 114 cm³/mol. The smallest absolute Gasteiger partial charge is 0.262 e. The number of ether oxygens (including phenoxy) is 3. The number of carbonyl (C=O) groups is 1. The first kappa shape index (κ1) is 19.3. The zero-order chi connectivity index (χ0) is 20.9. The molecule has 0 atom stereocenters. The van der Waals surface area contributed by atoms with Gasteiger partial charge in [0.25, 0.3) is 5.91 Å². The summed E-state index contributed by atoms with van der Waals surface area (Å²) in [6, 6.07) is 18.4. The topological polar surface area (TPSA) is 74.1 Å². The lowest BCUT2D eigenvalue weighted by Gasteiger charge is -2.12. The quantitative estimate of drug-likeness (QED) is 0.504. The molecule has 152 valence electrons. The molecular weight excluding hydrogens is 382 g/mol. The number of methoxy groups -OCH3 is 2. The van der Waals surface area contributed by atoms with E-state index in [-0.39, 0.29) is 12.5 Å². The van der Waals surface area contributed by atoms with Crippen molar-refractivity contribution in [2.75, 3.05) is 26.1 Å². The van der Waals surface area contributed by atoms with Gasteiger partial charge in [-0.15, -0.1) is 0 Å². The number of hydrogen-bond donors (Lipinski definition) is 1. The number of carbonyl (C=O) groups excluding carboxylic acids is 1. The number of nitrogens with one attached hydrogen (secondary N) is 1. The van der Waals surface area contributed by atoms with Crippen LogP contribution in [-0.2, 0) is 4.79 Å². The summed E-state index contributed by atoms with van der Waals surface area (Å²) in [6.07, 6.45) is 3.88. The van der Waals surface area contributed by atoms with Gasteiger partial charge in [-0.2, -0.15) is 0 Å². The lowest BCUT2D eigenvalue weighted by molar-refractivity contribution is -0.118. The van der Waals surface area contributed by atoms with Crippen LogP contribution in [0.25, 0.3) is 16.9 Å². The third kappa shape index (κ3) is 4.20. The van der Waals surface area contributed by atoms with E-state index >= 15 is 0 Å². The number of fused-ring (bicyclic) bond motifs is 1. The van der Waals surface area contributed by atoms with Crippen molar-refractivity contribution in [2.24, 2.45) is 0 Å². The molecule has 7 heteroatoms. The molecule has 2 aromatic heterocycles. The second kappa shape index (κ2) is 8.57. The van der Waals surface area contributed by atoms with Crippen LogP contribution < -0.4 is 19.5 Å². The highest BCUT2D eigenvalue weighted by molar-refractivity contribution is 5.94. The highest BCUT2D eigenvalue weighted by Crippen LogP contribution is 2.30. The Hall–Kier alpha value is -4.00. The zero-order valence-electron chi connectivity index (χ0n) is 16.7. The van der Waals surface area contributed by atoms with Crippen LogP contribution in [0.4, 0.5) is 5.69 Å². The molecule has 0 aliphatic rings. The Kier molecular flexibility index (Phi) is 5.52. The minimum Gasteiger partial charge on any atom is -0.497 e. The molecule has 0 bridgehead atoms. The van der Waals surface area contributed by atoms with Gasteiger partial charge in [0.1, 0.15) is 22.9 Å². The van der Waals surface area contributed by atoms with Gasteiger partial charge in [-0.25, -0.2) is 4.98 Å². The summed E-state index contributed by atoms with van der Waals surface area (Å²) in [4.78, 5) is 17.1. The van der Waals surface area contributed by atoms with Crippen molar-refractivity contribution >= 4 is 17.2 Å². The van der Waals surface area contributed by atoms with Crippen molar-refractivity contribution in [1.82, 2.24) is 9.38 Å². The summed E-state index contributed by atoms with van der Waals surface area (Å²) in [7, 11) is 3.15. The first-order valence-corrected chi connectivity index (χ1v) is 9.35. The van der Waals surface area contributed by atoms with Crippen LogP contribution >= 0.6 is 0 Å². The Morgan fingerprint density at radius 2 is 1.80 bits per heavy atom. The first-order valence-electron chi connectivity index (χ1n) is 9.35. The van der Waals surface area contributed by atoms with Gasteiger partial charge in [0.2, 0.25) is 0 Å². The Morgan fingerprint density at radius 1 is 1.00 bits per heavy atom. The average molecular weight is 403 g/mol. The van der Waals surface area contributed by atoms with E-state index in [1.54, 1.807) is 44.6 Å². The monoisotopic (exact) mass is 403 g/mol. The minimum absolute atomic E-state index is 0.131. The van der Waals surface area contributed by atoms with E-state index in [0.29, 0.717) is 17.2 Å². The van der Waals surface area contributed by atoms with Crippen LogP contribution in [0.1, 0.15) is 0 Å². The second-order valence-electron chi connectivity index (χ2n) is 6.52. The molecular formula is C23H21N3O4. The average Bonchev–Trinajstić information content (AvgIpc) is 3.22. The van der Waals surface area contributed by atoms with Crippen LogP contribution in [-0.4, -0.2) is 36.1 Å². The number of amides is 1. The number of rotatable bonds is 7. The summed E-state index contributed by atoms with van der Waals surface area (Å²) in [5.74, 6) is 1.56. The molecule has 1 amide bonds. The number of pyridine rings is 1. The predicted octanol–water partition coefficient (Wildman–Crippen LogP) is 4.04.